The molecule has 1 aliphatic rings. The molecule has 0 bridgehead atoms. The zero-order chi connectivity index (χ0) is 20.0. The molecule has 2 unspecified atom stereocenters. The van der Waals surface area contributed by atoms with E-state index in [2.05, 4.69) is 0 Å². The van der Waals surface area contributed by atoms with Gasteiger partial charge in [-0.2, -0.15) is 0 Å². The van der Waals surface area contributed by atoms with Gasteiger partial charge in [-0.05, 0) is 32.1 Å². The lowest BCUT2D eigenvalue weighted by Gasteiger charge is -2.24. The Morgan fingerprint density at radius 3 is 2.57 bits per heavy atom. The predicted molar refractivity (Wildman–Crippen MR) is 104 cm³/mol. The first-order valence-electron chi connectivity index (χ1n) is 9.04. The van der Waals surface area contributed by atoms with Gasteiger partial charge in [-0.25, -0.2) is 0 Å². The van der Waals surface area contributed by atoms with Crippen LogP contribution in [-0.2, 0) is 0 Å². The standard InChI is InChI=1S/C21H21NO6/c1-22-7-6-11(13(22)10-23)19-15(25)8-16(26)20-17(27)9-18(28-21(19)20)12-4-2-3-5-14(12)24/h2-5,8-9,11,13,23-26H,6-7,10H2,1H3. The zero-order valence-corrected chi connectivity index (χ0v) is 15.3. The molecular formula is C21H21NO6. The molecule has 1 saturated heterocycles. The summed E-state index contributed by atoms with van der Waals surface area (Å²) in [4.78, 5) is 14.7. The van der Waals surface area contributed by atoms with E-state index in [0.29, 0.717) is 24.1 Å². The number of para-hydroxylation sites is 1. The van der Waals surface area contributed by atoms with Gasteiger partial charge in [-0.15, -0.1) is 0 Å². The van der Waals surface area contributed by atoms with Gasteiger partial charge in [0.2, 0.25) is 0 Å². The molecule has 28 heavy (non-hydrogen) atoms. The Balaban J connectivity index is 2.03. The van der Waals surface area contributed by atoms with Gasteiger partial charge in [0.15, 0.2) is 5.43 Å². The topological polar surface area (TPSA) is 114 Å². The van der Waals surface area contributed by atoms with E-state index in [1.54, 1.807) is 18.2 Å². The van der Waals surface area contributed by atoms with Gasteiger partial charge in [0.25, 0.3) is 0 Å². The van der Waals surface area contributed by atoms with Crippen LogP contribution in [0.4, 0.5) is 0 Å². The van der Waals surface area contributed by atoms with Crippen LogP contribution >= 0.6 is 0 Å². The van der Waals surface area contributed by atoms with Crippen LogP contribution in [0.1, 0.15) is 17.9 Å². The Hall–Kier alpha value is -3.03. The van der Waals surface area contributed by atoms with Crippen LogP contribution in [0.2, 0.25) is 0 Å². The fourth-order valence-corrected chi connectivity index (χ4v) is 4.11. The van der Waals surface area contributed by atoms with Crippen molar-refractivity contribution in [3.8, 4) is 28.6 Å². The van der Waals surface area contributed by atoms with Crippen LogP contribution in [0.3, 0.4) is 0 Å². The first kappa shape index (κ1) is 18.3. The van der Waals surface area contributed by atoms with Crippen LogP contribution in [0, 0.1) is 0 Å². The Bertz CT molecular complexity index is 1110. The fourth-order valence-electron chi connectivity index (χ4n) is 4.11. The Kier molecular flexibility index (Phi) is 4.49. The van der Waals surface area contributed by atoms with E-state index in [9.17, 15) is 25.2 Å². The quantitative estimate of drug-likeness (QED) is 0.549. The lowest BCUT2D eigenvalue weighted by atomic mass is 9.89. The second kappa shape index (κ2) is 6.85. The summed E-state index contributed by atoms with van der Waals surface area (Å²) in [5.41, 5.74) is 0.301. The number of hydrogen-bond donors (Lipinski definition) is 4. The van der Waals surface area contributed by atoms with Crippen molar-refractivity contribution < 1.29 is 24.8 Å². The number of phenolic OH excluding ortho intramolecular Hbond substituents is 3. The first-order valence-corrected chi connectivity index (χ1v) is 9.04. The third kappa shape index (κ3) is 2.80. The highest BCUT2D eigenvalue weighted by Gasteiger charge is 2.36. The smallest absolute Gasteiger partial charge is 0.197 e. The molecule has 1 fully saturated rings. The van der Waals surface area contributed by atoms with E-state index in [1.165, 1.54) is 12.1 Å². The lowest BCUT2D eigenvalue weighted by molar-refractivity contribution is 0.172. The second-order valence-corrected chi connectivity index (χ2v) is 7.15. The van der Waals surface area contributed by atoms with E-state index in [-0.39, 0.29) is 52.5 Å². The molecule has 146 valence electrons. The average molecular weight is 383 g/mol. The highest BCUT2D eigenvalue weighted by Crippen LogP contribution is 2.44. The molecule has 4 N–H and O–H groups in total. The largest absolute Gasteiger partial charge is 0.507 e. The molecule has 0 radical (unpaired) electrons. The molecule has 7 nitrogen and oxygen atoms in total. The summed E-state index contributed by atoms with van der Waals surface area (Å²) in [6.07, 6.45) is 0.652. The molecule has 1 aromatic heterocycles. The number of aliphatic hydroxyl groups is 1. The molecule has 4 rings (SSSR count). The highest BCUT2D eigenvalue weighted by molar-refractivity contribution is 5.90. The van der Waals surface area contributed by atoms with Crippen molar-refractivity contribution in [1.29, 1.82) is 0 Å². The number of fused-ring (bicyclic) bond motifs is 1. The number of nitrogens with zero attached hydrogens (tertiary/aromatic N) is 1. The van der Waals surface area contributed by atoms with Gasteiger partial charge in [-0.1, -0.05) is 12.1 Å². The van der Waals surface area contributed by atoms with Crippen molar-refractivity contribution in [3.63, 3.8) is 0 Å². The van der Waals surface area contributed by atoms with E-state index >= 15 is 0 Å². The maximum absolute atomic E-state index is 12.8. The van der Waals surface area contributed by atoms with Gasteiger partial charge < -0.3 is 29.7 Å². The van der Waals surface area contributed by atoms with Gasteiger partial charge in [-0.3, -0.25) is 4.79 Å². The molecule has 2 aromatic carbocycles. The molecule has 0 aliphatic carbocycles. The highest BCUT2D eigenvalue weighted by atomic mass is 16.3. The molecule has 1 aliphatic heterocycles. The van der Waals surface area contributed by atoms with Crippen molar-refractivity contribution >= 4 is 11.0 Å². The van der Waals surface area contributed by atoms with Crippen molar-refractivity contribution in [1.82, 2.24) is 4.90 Å². The monoisotopic (exact) mass is 383 g/mol. The molecule has 2 atom stereocenters. The second-order valence-electron chi connectivity index (χ2n) is 7.15. The van der Waals surface area contributed by atoms with E-state index < -0.39 is 5.43 Å². The van der Waals surface area contributed by atoms with Crippen molar-refractivity contribution in [3.05, 3.63) is 52.2 Å². The minimum absolute atomic E-state index is 0.0294. The first-order chi connectivity index (χ1) is 13.4. The molecule has 7 heteroatoms. The van der Waals surface area contributed by atoms with E-state index in [4.69, 9.17) is 4.42 Å². The van der Waals surface area contributed by atoms with Crippen molar-refractivity contribution in [2.45, 2.75) is 18.4 Å². The summed E-state index contributed by atoms with van der Waals surface area (Å²) in [6, 6.07) is 8.55. The normalized spacial score (nSPS) is 20.1. The Morgan fingerprint density at radius 1 is 1.11 bits per heavy atom. The zero-order valence-electron chi connectivity index (χ0n) is 15.3. The van der Waals surface area contributed by atoms with Gasteiger partial charge in [0.05, 0.1) is 12.2 Å². The average Bonchev–Trinajstić information content (AvgIpc) is 3.01. The number of aromatic hydroxyl groups is 3. The number of rotatable bonds is 3. The molecular weight excluding hydrogens is 362 g/mol. The SMILES string of the molecule is CN1CCC(c2c(O)cc(O)c3c(=O)cc(-c4ccccc4O)oc23)C1CO. The minimum atomic E-state index is -0.481. The Labute approximate surface area is 160 Å². The summed E-state index contributed by atoms with van der Waals surface area (Å²) in [6.45, 7) is 0.591. The van der Waals surface area contributed by atoms with E-state index in [1.807, 2.05) is 11.9 Å². The molecule has 2 heterocycles. The number of aliphatic hydroxyl groups excluding tert-OH is 1. The minimum Gasteiger partial charge on any atom is -0.507 e. The number of likely N-dealkylation sites (N-methyl/N-ethyl adjacent to an activating group) is 1. The van der Waals surface area contributed by atoms with Gasteiger partial charge in [0.1, 0.15) is 34.0 Å². The van der Waals surface area contributed by atoms with Crippen LogP contribution in [0.5, 0.6) is 17.2 Å². The van der Waals surface area contributed by atoms with Crippen LogP contribution in [0.25, 0.3) is 22.3 Å². The summed E-state index contributed by atoms with van der Waals surface area (Å²) in [7, 11) is 1.88. The molecule has 3 aromatic rings. The Morgan fingerprint density at radius 2 is 1.86 bits per heavy atom. The summed E-state index contributed by atoms with van der Waals surface area (Å²) >= 11 is 0. The predicted octanol–water partition coefficient (Wildman–Crippen LogP) is 2.36. The van der Waals surface area contributed by atoms with Crippen LogP contribution in [0.15, 0.2) is 45.6 Å². The number of likely N-dealkylation sites (tertiary alicyclic amines) is 1. The van der Waals surface area contributed by atoms with Crippen molar-refractivity contribution in [2.75, 3.05) is 20.2 Å². The third-order valence-electron chi connectivity index (χ3n) is 5.55. The maximum Gasteiger partial charge on any atom is 0.197 e. The number of phenols is 3. The lowest BCUT2D eigenvalue weighted by Crippen LogP contribution is -2.32. The van der Waals surface area contributed by atoms with Gasteiger partial charge in [0, 0.05) is 29.7 Å². The molecule has 0 saturated carbocycles. The fraction of sp³-hybridized carbons (Fsp3) is 0.286. The van der Waals surface area contributed by atoms with Crippen LogP contribution in [-0.4, -0.2) is 51.6 Å². The van der Waals surface area contributed by atoms with Crippen molar-refractivity contribution in [2.24, 2.45) is 0 Å². The molecule has 0 spiro atoms. The summed E-state index contributed by atoms with van der Waals surface area (Å²) in [5, 5.41) is 40.8. The summed E-state index contributed by atoms with van der Waals surface area (Å²) in [5.74, 6) is -0.763. The summed E-state index contributed by atoms with van der Waals surface area (Å²) < 4.78 is 5.96. The van der Waals surface area contributed by atoms with E-state index in [0.717, 1.165) is 6.07 Å². The maximum atomic E-state index is 12.8. The van der Waals surface area contributed by atoms with Gasteiger partial charge >= 0.3 is 0 Å². The number of benzene rings is 2. The number of hydrogen-bond acceptors (Lipinski definition) is 7. The van der Waals surface area contributed by atoms with Crippen LogP contribution < -0.4 is 5.43 Å². The third-order valence-corrected chi connectivity index (χ3v) is 5.55. The molecule has 0 amide bonds.